The van der Waals surface area contributed by atoms with Crippen molar-refractivity contribution in [2.75, 3.05) is 11.4 Å². The van der Waals surface area contributed by atoms with Crippen molar-refractivity contribution < 1.29 is 22.8 Å². The van der Waals surface area contributed by atoms with E-state index in [1.54, 1.807) is 30.3 Å². The number of rotatable bonds is 6. The fourth-order valence-corrected chi connectivity index (χ4v) is 5.33. The van der Waals surface area contributed by atoms with Gasteiger partial charge in [0.05, 0.1) is 23.4 Å². The van der Waals surface area contributed by atoms with E-state index >= 15 is 0 Å². The molecule has 2 amide bonds. The van der Waals surface area contributed by atoms with Gasteiger partial charge in [-0.05, 0) is 60.0 Å². The van der Waals surface area contributed by atoms with E-state index in [0.717, 1.165) is 27.5 Å². The second-order valence-corrected chi connectivity index (χ2v) is 9.94. The van der Waals surface area contributed by atoms with Crippen molar-refractivity contribution in [1.82, 2.24) is 5.32 Å². The van der Waals surface area contributed by atoms with E-state index in [2.05, 4.69) is 5.32 Å². The molecule has 192 valence electrons. The van der Waals surface area contributed by atoms with Gasteiger partial charge in [-0.2, -0.15) is 13.2 Å². The van der Waals surface area contributed by atoms with Crippen molar-refractivity contribution in [3.63, 3.8) is 0 Å². The third-order valence-electron chi connectivity index (χ3n) is 6.26. The molecule has 1 heterocycles. The van der Waals surface area contributed by atoms with Crippen LogP contribution in [0.4, 0.5) is 18.9 Å². The summed E-state index contributed by atoms with van der Waals surface area (Å²) in [6.07, 6.45) is -3.76. The molecule has 1 aliphatic rings. The number of carbonyl (C=O) groups excluding carboxylic acids is 2. The summed E-state index contributed by atoms with van der Waals surface area (Å²) in [7, 11) is 0. The molecule has 0 spiro atoms. The van der Waals surface area contributed by atoms with Crippen LogP contribution in [0.25, 0.3) is 0 Å². The number of fused-ring (bicyclic) bond motifs is 2. The van der Waals surface area contributed by atoms with Crippen LogP contribution in [0.1, 0.15) is 37.4 Å². The molecule has 0 aromatic heterocycles. The van der Waals surface area contributed by atoms with Crippen LogP contribution in [0.3, 0.4) is 0 Å². The summed E-state index contributed by atoms with van der Waals surface area (Å²) in [4.78, 5) is 29.7. The van der Waals surface area contributed by atoms with Gasteiger partial charge in [-0.25, -0.2) is 0 Å². The number of hydrogen-bond acceptors (Lipinski definition) is 3. The Labute approximate surface area is 222 Å². The molecule has 0 aliphatic carbocycles. The van der Waals surface area contributed by atoms with Crippen molar-refractivity contribution in [3.05, 3.63) is 125 Å². The lowest BCUT2D eigenvalue weighted by Crippen LogP contribution is -2.31. The first-order chi connectivity index (χ1) is 18.3. The van der Waals surface area contributed by atoms with Crippen LogP contribution in [-0.2, 0) is 19.1 Å². The number of benzene rings is 4. The minimum Gasteiger partial charge on any atom is -0.352 e. The molecule has 0 bridgehead atoms. The molecule has 8 heteroatoms. The molecule has 0 fully saturated rings. The maximum absolute atomic E-state index is 13.7. The van der Waals surface area contributed by atoms with E-state index in [9.17, 15) is 22.8 Å². The van der Waals surface area contributed by atoms with Crippen LogP contribution in [0.5, 0.6) is 0 Å². The number of alkyl halides is 3. The molecule has 0 atom stereocenters. The number of halogens is 3. The molecule has 0 radical (unpaired) electrons. The Morgan fingerprint density at radius 3 is 2.26 bits per heavy atom. The van der Waals surface area contributed by atoms with Crippen molar-refractivity contribution in [2.45, 2.75) is 28.9 Å². The maximum Gasteiger partial charge on any atom is 0.416 e. The number of nitrogens with one attached hydrogen (secondary N) is 1. The van der Waals surface area contributed by atoms with Gasteiger partial charge in [-0.15, -0.1) is 0 Å². The molecular weight excluding hydrogens is 509 g/mol. The predicted octanol–water partition coefficient (Wildman–Crippen LogP) is 6.99. The summed E-state index contributed by atoms with van der Waals surface area (Å²) >= 11 is 1.42. The monoisotopic (exact) mass is 532 g/mol. The number of amides is 2. The molecule has 4 nitrogen and oxygen atoms in total. The molecule has 4 aromatic carbocycles. The van der Waals surface area contributed by atoms with Crippen molar-refractivity contribution in [1.29, 1.82) is 0 Å². The SMILES string of the molecule is O=C(NCCc1ccccc1)c1ccc2c(c1)N(Cc1ccc(C(F)(F)F)cc1)C(=O)c1ccccc1S2. The van der Waals surface area contributed by atoms with E-state index in [0.29, 0.717) is 35.3 Å². The second kappa shape index (κ2) is 10.8. The fourth-order valence-electron chi connectivity index (χ4n) is 4.27. The summed E-state index contributed by atoms with van der Waals surface area (Å²) in [5.41, 5.74) is 2.32. The first-order valence-corrected chi connectivity index (χ1v) is 12.8. The predicted molar refractivity (Wildman–Crippen MR) is 141 cm³/mol. The van der Waals surface area contributed by atoms with Gasteiger partial charge in [-0.1, -0.05) is 66.4 Å². The normalized spacial score (nSPS) is 12.9. The number of anilines is 1. The van der Waals surface area contributed by atoms with Crippen LogP contribution >= 0.6 is 11.8 Å². The van der Waals surface area contributed by atoms with Crippen molar-refractivity contribution >= 4 is 29.3 Å². The van der Waals surface area contributed by atoms with Crippen molar-refractivity contribution in [3.8, 4) is 0 Å². The Kier molecular flexibility index (Phi) is 7.24. The van der Waals surface area contributed by atoms with Gasteiger partial charge in [0.1, 0.15) is 0 Å². The van der Waals surface area contributed by atoms with E-state index in [1.807, 2.05) is 42.5 Å². The molecular formula is C30H23F3N2O2S. The smallest absolute Gasteiger partial charge is 0.352 e. The molecule has 0 unspecified atom stereocenters. The summed E-state index contributed by atoms with van der Waals surface area (Å²) in [6, 6.07) is 27.0. The topological polar surface area (TPSA) is 49.4 Å². The largest absolute Gasteiger partial charge is 0.416 e. The molecule has 1 aliphatic heterocycles. The Bertz CT molecular complexity index is 1470. The van der Waals surface area contributed by atoms with Crippen molar-refractivity contribution in [2.24, 2.45) is 0 Å². The second-order valence-electron chi connectivity index (χ2n) is 8.86. The highest BCUT2D eigenvalue weighted by molar-refractivity contribution is 7.99. The zero-order chi connectivity index (χ0) is 26.7. The standard InChI is InChI=1S/C30H23F3N2O2S/c31-30(32,33)23-13-10-21(11-14-23)19-35-25-18-22(28(36)34-17-16-20-6-2-1-3-7-20)12-15-27(25)38-26-9-5-4-8-24(26)29(35)37/h1-15,18H,16-17,19H2,(H,34,36). The average Bonchev–Trinajstić information content (AvgIpc) is 3.03. The lowest BCUT2D eigenvalue weighted by Gasteiger charge is -2.24. The molecule has 4 aromatic rings. The lowest BCUT2D eigenvalue weighted by atomic mass is 10.1. The van der Waals surface area contributed by atoms with Gasteiger partial charge in [0.25, 0.3) is 11.8 Å². The van der Waals surface area contributed by atoms with Gasteiger partial charge in [0.15, 0.2) is 0 Å². The number of hydrogen-bond donors (Lipinski definition) is 1. The highest BCUT2D eigenvalue weighted by atomic mass is 32.2. The Hall–Kier alpha value is -4.04. The zero-order valence-corrected chi connectivity index (χ0v) is 21.0. The zero-order valence-electron chi connectivity index (χ0n) is 20.2. The molecule has 38 heavy (non-hydrogen) atoms. The lowest BCUT2D eigenvalue weighted by molar-refractivity contribution is -0.137. The van der Waals surface area contributed by atoms with Gasteiger partial charge >= 0.3 is 6.18 Å². The average molecular weight is 533 g/mol. The van der Waals surface area contributed by atoms with Crippen LogP contribution in [0.2, 0.25) is 0 Å². The van der Waals surface area contributed by atoms with Crippen LogP contribution in [0.15, 0.2) is 107 Å². The van der Waals surface area contributed by atoms with E-state index in [1.165, 1.54) is 28.8 Å². The minimum absolute atomic E-state index is 0.0535. The van der Waals surface area contributed by atoms with Gasteiger partial charge in [0, 0.05) is 21.9 Å². The first kappa shape index (κ1) is 25.6. The first-order valence-electron chi connectivity index (χ1n) is 12.0. The van der Waals surface area contributed by atoms with Gasteiger partial charge in [-0.3, -0.25) is 9.59 Å². The summed E-state index contributed by atoms with van der Waals surface area (Å²) in [5.74, 6) is -0.550. The van der Waals surface area contributed by atoms with E-state index in [4.69, 9.17) is 0 Å². The maximum atomic E-state index is 13.7. The third-order valence-corrected chi connectivity index (χ3v) is 7.40. The van der Waals surface area contributed by atoms with E-state index < -0.39 is 11.7 Å². The van der Waals surface area contributed by atoms with E-state index in [-0.39, 0.29) is 18.4 Å². The molecule has 0 saturated heterocycles. The highest BCUT2D eigenvalue weighted by Crippen LogP contribution is 2.42. The van der Waals surface area contributed by atoms with Gasteiger partial charge < -0.3 is 10.2 Å². The summed E-state index contributed by atoms with van der Waals surface area (Å²) in [5, 5.41) is 2.93. The Morgan fingerprint density at radius 1 is 0.816 bits per heavy atom. The third kappa shape index (κ3) is 5.60. The number of nitrogens with zero attached hydrogens (tertiary/aromatic N) is 1. The summed E-state index contributed by atoms with van der Waals surface area (Å²) in [6.45, 7) is 0.506. The van der Waals surface area contributed by atoms with Crippen LogP contribution in [0, 0.1) is 0 Å². The molecule has 0 saturated carbocycles. The minimum atomic E-state index is -4.44. The summed E-state index contributed by atoms with van der Waals surface area (Å²) < 4.78 is 39.2. The molecule has 5 rings (SSSR count). The molecule has 1 N–H and O–H groups in total. The Balaban J connectivity index is 1.44. The highest BCUT2D eigenvalue weighted by Gasteiger charge is 2.31. The number of carbonyl (C=O) groups is 2. The fraction of sp³-hybridized carbons (Fsp3) is 0.133. The van der Waals surface area contributed by atoms with Crippen LogP contribution in [-0.4, -0.2) is 18.4 Å². The quantitative estimate of drug-likeness (QED) is 0.291. The van der Waals surface area contributed by atoms with Crippen LogP contribution < -0.4 is 10.2 Å². The van der Waals surface area contributed by atoms with Gasteiger partial charge in [0.2, 0.25) is 0 Å². The Morgan fingerprint density at radius 2 is 1.53 bits per heavy atom.